The van der Waals surface area contributed by atoms with Crippen LogP contribution < -0.4 is 9.64 Å². The number of para-hydroxylation sites is 3. The molecule has 0 radical (unpaired) electrons. The SMILES string of the molecule is COc1ccccc1[C@@H]1O[C@@H]1C(=O)N(c1ccccc1)c1ccccc1. The zero-order chi connectivity index (χ0) is 17.9. The van der Waals surface area contributed by atoms with Crippen LogP contribution in [0, 0.1) is 0 Å². The van der Waals surface area contributed by atoms with Crippen LogP contribution in [0.25, 0.3) is 0 Å². The molecule has 1 saturated heterocycles. The molecule has 0 N–H and O–H groups in total. The number of amides is 1. The summed E-state index contributed by atoms with van der Waals surface area (Å²) < 4.78 is 11.2. The Kier molecular flexibility index (Phi) is 4.42. The van der Waals surface area contributed by atoms with Crippen molar-refractivity contribution in [3.05, 3.63) is 90.5 Å². The van der Waals surface area contributed by atoms with Gasteiger partial charge >= 0.3 is 0 Å². The minimum Gasteiger partial charge on any atom is -0.496 e. The summed E-state index contributed by atoms with van der Waals surface area (Å²) in [5.74, 6) is 0.650. The van der Waals surface area contributed by atoms with E-state index in [-0.39, 0.29) is 12.0 Å². The van der Waals surface area contributed by atoms with Crippen molar-refractivity contribution in [3.8, 4) is 5.75 Å². The number of carbonyl (C=O) groups excluding carboxylic acids is 1. The lowest BCUT2D eigenvalue weighted by atomic mass is 10.1. The van der Waals surface area contributed by atoms with Gasteiger partial charge in [0.2, 0.25) is 0 Å². The lowest BCUT2D eigenvalue weighted by Gasteiger charge is -2.22. The maximum Gasteiger partial charge on any atom is 0.263 e. The number of hydrogen-bond donors (Lipinski definition) is 0. The fraction of sp³-hybridized carbons (Fsp3) is 0.136. The van der Waals surface area contributed by atoms with Gasteiger partial charge in [0.1, 0.15) is 11.9 Å². The minimum atomic E-state index is -0.522. The predicted octanol–water partition coefficient (Wildman–Crippen LogP) is 4.50. The molecule has 0 saturated carbocycles. The van der Waals surface area contributed by atoms with Crippen LogP contribution in [0.15, 0.2) is 84.9 Å². The molecule has 2 atom stereocenters. The summed E-state index contributed by atoms with van der Waals surface area (Å²) >= 11 is 0. The molecule has 3 aromatic carbocycles. The van der Waals surface area contributed by atoms with Crippen molar-refractivity contribution < 1.29 is 14.3 Å². The van der Waals surface area contributed by atoms with E-state index in [1.165, 1.54) is 0 Å². The molecule has 130 valence electrons. The summed E-state index contributed by atoms with van der Waals surface area (Å²) in [5, 5.41) is 0. The Morgan fingerprint density at radius 3 is 1.96 bits per heavy atom. The van der Waals surface area contributed by atoms with Crippen molar-refractivity contribution in [1.82, 2.24) is 0 Å². The van der Waals surface area contributed by atoms with Crippen LogP contribution in [0.4, 0.5) is 11.4 Å². The van der Waals surface area contributed by atoms with Crippen molar-refractivity contribution in [2.24, 2.45) is 0 Å². The molecule has 0 spiro atoms. The Balaban J connectivity index is 1.65. The van der Waals surface area contributed by atoms with Gasteiger partial charge in [-0.05, 0) is 30.3 Å². The molecule has 4 rings (SSSR count). The van der Waals surface area contributed by atoms with Crippen LogP contribution in [0.1, 0.15) is 11.7 Å². The average Bonchev–Trinajstić information content (AvgIpc) is 3.50. The van der Waals surface area contributed by atoms with Crippen LogP contribution in [-0.4, -0.2) is 19.1 Å². The molecule has 1 heterocycles. The maximum atomic E-state index is 13.2. The first-order valence-corrected chi connectivity index (χ1v) is 8.52. The number of carbonyl (C=O) groups is 1. The average molecular weight is 345 g/mol. The molecule has 3 aromatic rings. The maximum absolute atomic E-state index is 13.2. The summed E-state index contributed by atoms with van der Waals surface area (Å²) in [6, 6.07) is 26.9. The van der Waals surface area contributed by atoms with E-state index in [0.717, 1.165) is 22.7 Å². The van der Waals surface area contributed by atoms with Crippen LogP contribution in [-0.2, 0) is 9.53 Å². The van der Waals surface area contributed by atoms with Gasteiger partial charge in [0.25, 0.3) is 5.91 Å². The molecule has 0 bridgehead atoms. The highest BCUT2D eigenvalue weighted by atomic mass is 16.6. The Morgan fingerprint density at radius 1 is 0.846 bits per heavy atom. The van der Waals surface area contributed by atoms with Gasteiger partial charge in [-0.25, -0.2) is 0 Å². The lowest BCUT2D eigenvalue weighted by Crippen LogP contribution is -2.30. The lowest BCUT2D eigenvalue weighted by molar-refractivity contribution is -0.119. The van der Waals surface area contributed by atoms with E-state index in [4.69, 9.17) is 9.47 Å². The molecule has 26 heavy (non-hydrogen) atoms. The second kappa shape index (κ2) is 7.02. The van der Waals surface area contributed by atoms with Gasteiger partial charge in [-0.15, -0.1) is 0 Å². The number of methoxy groups -OCH3 is 1. The number of rotatable bonds is 5. The molecule has 4 heteroatoms. The van der Waals surface area contributed by atoms with Crippen LogP contribution in [0.3, 0.4) is 0 Å². The number of hydrogen-bond acceptors (Lipinski definition) is 3. The highest BCUT2D eigenvalue weighted by Gasteiger charge is 2.49. The minimum absolute atomic E-state index is 0.0849. The monoisotopic (exact) mass is 345 g/mol. The summed E-state index contributed by atoms with van der Waals surface area (Å²) in [6.07, 6.45) is -0.805. The van der Waals surface area contributed by atoms with Crippen molar-refractivity contribution in [2.45, 2.75) is 12.2 Å². The van der Waals surface area contributed by atoms with Crippen LogP contribution in [0.5, 0.6) is 5.75 Å². The molecule has 0 aromatic heterocycles. The van der Waals surface area contributed by atoms with Crippen molar-refractivity contribution in [3.63, 3.8) is 0 Å². The largest absolute Gasteiger partial charge is 0.496 e. The number of nitrogens with zero attached hydrogens (tertiary/aromatic N) is 1. The van der Waals surface area contributed by atoms with Crippen LogP contribution in [0.2, 0.25) is 0 Å². The zero-order valence-electron chi connectivity index (χ0n) is 14.4. The first-order valence-electron chi connectivity index (χ1n) is 8.52. The molecule has 1 aliphatic heterocycles. The van der Waals surface area contributed by atoms with E-state index >= 15 is 0 Å². The molecule has 1 aliphatic rings. The molecular weight excluding hydrogens is 326 g/mol. The third-order valence-electron chi connectivity index (χ3n) is 4.43. The van der Waals surface area contributed by atoms with Gasteiger partial charge in [0.15, 0.2) is 6.10 Å². The number of ether oxygens (including phenoxy) is 2. The molecule has 1 fully saturated rings. The molecule has 0 aliphatic carbocycles. The van der Waals surface area contributed by atoms with Gasteiger partial charge in [-0.3, -0.25) is 9.69 Å². The van der Waals surface area contributed by atoms with Crippen LogP contribution >= 0.6 is 0 Å². The predicted molar refractivity (Wildman–Crippen MR) is 101 cm³/mol. The highest BCUT2D eigenvalue weighted by molar-refractivity contribution is 6.04. The second-order valence-corrected chi connectivity index (χ2v) is 6.06. The smallest absolute Gasteiger partial charge is 0.263 e. The normalized spacial score (nSPS) is 18.2. The van der Waals surface area contributed by atoms with Crippen molar-refractivity contribution >= 4 is 17.3 Å². The summed E-state index contributed by atoms with van der Waals surface area (Å²) in [6.45, 7) is 0. The summed E-state index contributed by atoms with van der Waals surface area (Å²) in [5.41, 5.74) is 2.53. The Bertz CT molecular complexity index is 856. The van der Waals surface area contributed by atoms with E-state index in [1.54, 1.807) is 12.0 Å². The molecule has 4 nitrogen and oxygen atoms in total. The molecule has 1 amide bonds. The number of epoxide rings is 1. The quantitative estimate of drug-likeness (QED) is 0.639. The topological polar surface area (TPSA) is 42.1 Å². The highest BCUT2D eigenvalue weighted by Crippen LogP contribution is 2.45. The van der Waals surface area contributed by atoms with Crippen molar-refractivity contribution in [2.75, 3.05) is 12.0 Å². The number of benzene rings is 3. The van der Waals surface area contributed by atoms with Gasteiger partial charge in [-0.1, -0.05) is 54.6 Å². The van der Waals surface area contributed by atoms with E-state index in [9.17, 15) is 4.79 Å². The van der Waals surface area contributed by atoms with E-state index < -0.39 is 6.10 Å². The van der Waals surface area contributed by atoms with E-state index in [1.807, 2.05) is 84.9 Å². The molecular formula is C22H19NO3. The Morgan fingerprint density at radius 2 is 1.38 bits per heavy atom. The third-order valence-corrected chi connectivity index (χ3v) is 4.43. The Hall–Kier alpha value is -3.11. The van der Waals surface area contributed by atoms with E-state index in [2.05, 4.69) is 0 Å². The summed E-state index contributed by atoms with van der Waals surface area (Å²) in [7, 11) is 1.62. The standard InChI is InChI=1S/C22H19NO3/c1-25-19-15-9-8-14-18(19)20-21(26-20)22(24)23(16-10-4-2-5-11-16)17-12-6-3-7-13-17/h2-15,20-21H,1H3/t20-,21-/m0/s1. The Labute approximate surface area is 152 Å². The third kappa shape index (κ3) is 3.07. The van der Waals surface area contributed by atoms with E-state index in [0.29, 0.717) is 0 Å². The van der Waals surface area contributed by atoms with Crippen molar-refractivity contribution in [1.29, 1.82) is 0 Å². The summed E-state index contributed by atoms with van der Waals surface area (Å²) in [4.78, 5) is 15.0. The van der Waals surface area contributed by atoms with Gasteiger partial charge in [0.05, 0.1) is 7.11 Å². The zero-order valence-corrected chi connectivity index (χ0v) is 14.4. The fourth-order valence-electron chi connectivity index (χ4n) is 3.12. The van der Waals surface area contributed by atoms with Gasteiger partial charge in [0, 0.05) is 16.9 Å². The number of anilines is 2. The second-order valence-electron chi connectivity index (χ2n) is 6.06. The van der Waals surface area contributed by atoms with Gasteiger partial charge < -0.3 is 9.47 Å². The first-order chi connectivity index (χ1) is 12.8. The fourth-order valence-corrected chi connectivity index (χ4v) is 3.12. The first kappa shape index (κ1) is 16.4. The molecule has 0 unspecified atom stereocenters. The van der Waals surface area contributed by atoms with Gasteiger partial charge in [-0.2, -0.15) is 0 Å².